The van der Waals surface area contributed by atoms with Crippen LogP contribution in [0.15, 0.2) is 54.6 Å². The van der Waals surface area contributed by atoms with Crippen molar-refractivity contribution in [2.24, 2.45) is 11.7 Å². The minimum atomic E-state index is -0.265. The first-order chi connectivity index (χ1) is 13.1. The normalized spacial score (nSPS) is 16.8. The van der Waals surface area contributed by atoms with Crippen molar-refractivity contribution in [2.75, 3.05) is 13.1 Å². The minimum absolute atomic E-state index is 0.0122. The van der Waals surface area contributed by atoms with Gasteiger partial charge >= 0.3 is 0 Å². The van der Waals surface area contributed by atoms with Gasteiger partial charge in [-0.25, -0.2) is 0 Å². The monoisotopic (exact) mass is 365 g/mol. The smallest absolute Gasteiger partial charge is 0.222 e. The predicted molar refractivity (Wildman–Crippen MR) is 110 cm³/mol. The fraction of sp³-hybridized carbons (Fsp3) is 0.435. The maximum atomic E-state index is 12.2. The number of amides is 1. The molecule has 1 heterocycles. The maximum Gasteiger partial charge on any atom is 0.222 e. The Morgan fingerprint density at radius 2 is 1.81 bits per heavy atom. The molecule has 0 spiro atoms. The van der Waals surface area contributed by atoms with Crippen LogP contribution in [-0.2, 0) is 17.9 Å². The molecule has 3 rings (SSSR count). The second kappa shape index (κ2) is 9.67. The third-order valence-electron chi connectivity index (χ3n) is 5.40. The molecule has 4 heteroatoms. The molecular formula is C23H31N3O. The molecule has 3 N–H and O–H groups in total. The van der Waals surface area contributed by atoms with Gasteiger partial charge in [-0.05, 0) is 48.5 Å². The number of nitrogens with one attached hydrogen (secondary N) is 1. The summed E-state index contributed by atoms with van der Waals surface area (Å²) in [5.74, 6) is 0.840. The van der Waals surface area contributed by atoms with Gasteiger partial charge < -0.3 is 11.1 Å². The molecule has 27 heavy (non-hydrogen) atoms. The summed E-state index contributed by atoms with van der Waals surface area (Å²) in [6.45, 7) is 6.24. The Kier molecular flexibility index (Phi) is 7.02. The van der Waals surface area contributed by atoms with Gasteiger partial charge in [-0.2, -0.15) is 0 Å². The second-order valence-electron chi connectivity index (χ2n) is 7.78. The Morgan fingerprint density at radius 3 is 2.56 bits per heavy atom. The molecule has 1 atom stereocenters. The molecule has 0 radical (unpaired) electrons. The number of hydrogen-bond donors (Lipinski definition) is 2. The van der Waals surface area contributed by atoms with Crippen molar-refractivity contribution < 1.29 is 4.79 Å². The molecule has 0 aromatic heterocycles. The first-order valence-electron chi connectivity index (χ1n) is 9.97. The average Bonchev–Trinajstić information content (AvgIpc) is 2.69. The van der Waals surface area contributed by atoms with E-state index in [1.54, 1.807) is 0 Å². The van der Waals surface area contributed by atoms with Crippen molar-refractivity contribution in [3.63, 3.8) is 0 Å². The Bertz CT molecular complexity index is 723. The summed E-state index contributed by atoms with van der Waals surface area (Å²) < 4.78 is 0. The fourth-order valence-corrected chi connectivity index (χ4v) is 3.61. The third kappa shape index (κ3) is 6.19. The predicted octanol–water partition coefficient (Wildman–Crippen LogP) is 3.62. The molecule has 1 unspecified atom stereocenters. The molecule has 0 bridgehead atoms. The van der Waals surface area contributed by atoms with Crippen molar-refractivity contribution in [2.45, 2.75) is 45.3 Å². The van der Waals surface area contributed by atoms with E-state index in [4.69, 9.17) is 5.73 Å². The summed E-state index contributed by atoms with van der Waals surface area (Å²) in [5.41, 5.74) is 9.58. The number of rotatable bonds is 7. The van der Waals surface area contributed by atoms with Crippen molar-refractivity contribution in [1.29, 1.82) is 0 Å². The van der Waals surface area contributed by atoms with Crippen LogP contribution in [0.5, 0.6) is 0 Å². The van der Waals surface area contributed by atoms with Crippen LogP contribution in [0.4, 0.5) is 0 Å². The van der Waals surface area contributed by atoms with Crippen molar-refractivity contribution >= 4 is 5.91 Å². The number of nitrogens with zero attached hydrogens (tertiary/aromatic N) is 1. The number of benzene rings is 2. The molecule has 144 valence electrons. The van der Waals surface area contributed by atoms with E-state index < -0.39 is 0 Å². The van der Waals surface area contributed by atoms with Crippen LogP contribution in [0.3, 0.4) is 0 Å². The highest BCUT2D eigenvalue weighted by atomic mass is 16.1. The molecule has 4 nitrogen and oxygen atoms in total. The molecule has 1 aliphatic rings. The molecule has 1 amide bonds. The first-order valence-corrected chi connectivity index (χ1v) is 9.97. The Morgan fingerprint density at radius 1 is 1.11 bits per heavy atom. The van der Waals surface area contributed by atoms with Gasteiger partial charge in [0, 0.05) is 25.6 Å². The number of carbonyl (C=O) groups excluding carboxylic acids is 1. The lowest BCUT2D eigenvalue weighted by Gasteiger charge is -2.30. The van der Waals surface area contributed by atoms with E-state index >= 15 is 0 Å². The molecule has 1 saturated heterocycles. The van der Waals surface area contributed by atoms with E-state index in [-0.39, 0.29) is 11.9 Å². The third-order valence-corrected chi connectivity index (χ3v) is 5.40. The van der Waals surface area contributed by atoms with Gasteiger partial charge in [-0.15, -0.1) is 0 Å². The van der Waals surface area contributed by atoms with Crippen LogP contribution in [0.25, 0.3) is 0 Å². The Hall–Kier alpha value is -2.17. The van der Waals surface area contributed by atoms with Crippen LogP contribution < -0.4 is 11.1 Å². The van der Waals surface area contributed by atoms with E-state index in [1.807, 2.05) is 30.3 Å². The zero-order valence-electron chi connectivity index (χ0n) is 16.2. The molecular weight excluding hydrogens is 334 g/mol. The SMILES string of the molecule is CC1CCN(Cc2cccc(CNC(=O)CC(N)c3ccccc3)c2)CC1. The Labute approximate surface area is 162 Å². The van der Waals surface area contributed by atoms with E-state index in [0.717, 1.165) is 23.6 Å². The van der Waals surface area contributed by atoms with Crippen molar-refractivity contribution in [1.82, 2.24) is 10.2 Å². The summed E-state index contributed by atoms with van der Waals surface area (Å²) >= 11 is 0. The van der Waals surface area contributed by atoms with Gasteiger partial charge in [0.2, 0.25) is 5.91 Å². The first kappa shape index (κ1) is 19.6. The maximum absolute atomic E-state index is 12.2. The van der Waals surface area contributed by atoms with Gasteiger partial charge in [-0.3, -0.25) is 9.69 Å². The van der Waals surface area contributed by atoms with Gasteiger partial charge in [0.25, 0.3) is 0 Å². The minimum Gasteiger partial charge on any atom is -0.352 e. The highest BCUT2D eigenvalue weighted by Gasteiger charge is 2.16. The van der Waals surface area contributed by atoms with Crippen molar-refractivity contribution in [3.8, 4) is 0 Å². The topological polar surface area (TPSA) is 58.4 Å². The summed E-state index contributed by atoms with van der Waals surface area (Å²) in [6.07, 6.45) is 2.88. The van der Waals surface area contributed by atoms with Gasteiger partial charge in [-0.1, -0.05) is 61.5 Å². The molecule has 1 aliphatic heterocycles. The van der Waals surface area contributed by atoms with Gasteiger partial charge in [0.15, 0.2) is 0 Å². The van der Waals surface area contributed by atoms with E-state index in [0.29, 0.717) is 13.0 Å². The summed E-state index contributed by atoms with van der Waals surface area (Å²) in [5, 5.41) is 3.00. The standard InChI is InChI=1S/C23H31N3O/c1-18-10-12-26(13-11-18)17-20-7-5-6-19(14-20)16-25-23(27)15-22(24)21-8-3-2-4-9-21/h2-9,14,18,22H,10-13,15-17,24H2,1H3,(H,25,27). The fourth-order valence-electron chi connectivity index (χ4n) is 3.61. The number of likely N-dealkylation sites (tertiary alicyclic amines) is 1. The number of nitrogens with two attached hydrogens (primary N) is 1. The molecule has 0 aliphatic carbocycles. The highest BCUT2D eigenvalue weighted by Crippen LogP contribution is 2.18. The van der Waals surface area contributed by atoms with Crippen molar-refractivity contribution in [3.05, 3.63) is 71.3 Å². The lowest BCUT2D eigenvalue weighted by molar-refractivity contribution is -0.121. The number of carbonyl (C=O) groups is 1. The largest absolute Gasteiger partial charge is 0.352 e. The summed E-state index contributed by atoms with van der Waals surface area (Å²) in [6, 6.07) is 18.0. The van der Waals surface area contributed by atoms with Crippen LogP contribution in [0, 0.1) is 5.92 Å². The lowest BCUT2D eigenvalue weighted by atomic mass is 9.98. The van der Waals surface area contributed by atoms with E-state index in [9.17, 15) is 4.79 Å². The van der Waals surface area contributed by atoms with Gasteiger partial charge in [0.05, 0.1) is 0 Å². The lowest BCUT2D eigenvalue weighted by Crippen LogP contribution is -2.32. The van der Waals surface area contributed by atoms with Crippen LogP contribution in [0.2, 0.25) is 0 Å². The zero-order chi connectivity index (χ0) is 19.1. The molecule has 2 aromatic carbocycles. The highest BCUT2D eigenvalue weighted by molar-refractivity contribution is 5.76. The van der Waals surface area contributed by atoms with E-state index in [1.165, 1.54) is 31.5 Å². The van der Waals surface area contributed by atoms with Crippen LogP contribution in [0.1, 0.15) is 48.9 Å². The van der Waals surface area contributed by atoms with Crippen LogP contribution in [-0.4, -0.2) is 23.9 Å². The quantitative estimate of drug-likeness (QED) is 0.788. The van der Waals surface area contributed by atoms with E-state index in [2.05, 4.69) is 41.4 Å². The second-order valence-corrected chi connectivity index (χ2v) is 7.78. The zero-order valence-corrected chi connectivity index (χ0v) is 16.2. The molecule has 1 fully saturated rings. The molecule has 0 saturated carbocycles. The Balaban J connectivity index is 1.47. The summed E-state index contributed by atoms with van der Waals surface area (Å²) in [7, 11) is 0. The number of hydrogen-bond acceptors (Lipinski definition) is 3. The van der Waals surface area contributed by atoms with Gasteiger partial charge in [0.1, 0.15) is 0 Å². The molecule has 2 aromatic rings. The summed E-state index contributed by atoms with van der Waals surface area (Å²) in [4.78, 5) is 14.8. The van der Waals surface area contributed by atoms with Crippen LogP contribution >= 0.6 is 0 Å². The average molecular weight is 366 g/mol. The number of piperidine rings is 1.